The zero-order chi connectivity index (χ0) is 16.8. The summed E-state index contributed by atoms with van der Waals surface area (Å²) in [5.41, 5.74) is 2.03. The molecule has 1 heterocycles. The van der Waals surface area contributed by atoms with E-state index in [0.717, 1.165) is 23.3 Å². The molecule has 1 aliphatic rings. The summed E-state index contributed by atoms with van der Waals surface area (Å²) in [5.74, 6) is 1.16. The lowest BCUT2D eigenvalue weighted by atomic mass is 10.1. The second-order valence-electron chi connectivity index (χ2n) is 5.99. The summed E-state index contributed by atoms with van der Waals surface area (Å²) in [6.45, 7) is 6.53. The maximum Gasteiger partial charge on any atom is 0.227 e. The van der Waals surface area contributed by atoms with E-state index in [1.807, 2.05) is 41.8 Å². The van der Waals surface area contributed by atoms with Gasteiger partial charge in [-0.15, -0.1) is 0 Å². The van der Waals surface area contributed by atoms with Crippen LogP contribution >= 0.6 is 0 Å². The zero-order valence-electron chi connectivity index (χ0n) is 14.3. The van der Waals surface area contributed by atoms with Gasteiger partial charge in [-0.2, -0.15) is 0 Å². The fraction of sp³-hybridized carbons (Fsp3) is 0.556. The van der Waals surface area contributed by atoms with Crippen molar-refractivity contribution in [3.8, 4) is 5.75 Å². The number of hydrogen-bond donors (Lipinski definition) is 0. The Labute approximate surface area is 138 Å². The molecule has 0 radical (unpaired) electrons. The smallest absolute Gasteiger partial charge is 0.227 e. The number of amides is 2. The van der Waals surface area contributed by atoms with Gasteiger partial charge in [0.15, 0.2) is 0 Å². The number of nitrogens with zero attached hydrogens (tertiary/aromatic N) is 2. The van der Waals surface area contributed by atoms with E-state index in [1.54, 1.807) is 7.11 Å². The number of piperazine rings is 1. The van der Waals surface area contributed by atoms with Crippen molar-refractivity contribution in [2.24, 2.45) is 0 Å². The highest BCUT2D eigenvalue weighted by atomic mass is 16.5. The van der Waals surface area contributed by atoms with Crippen LogP contribution in [0.5, 0.6) is 5.75 Å². The highest BCUT2D eigenvalue weighted by Crippen LogP contribution is 2.19. The van der Waals surface area contributed by atoms with Crippen molar-refractivity contribution in [1.82, 2.24) is 9.80 Å². The van der Waals surface area contributed by atoms with Gasteiger partial charge in [0, 0.05) is 32.6 Å². The number of ether oxygens (including phenoxy) is 1. The minimum atomic E-state index is 0.122. The molecule has 2 rings (SSSR count). The van der Waals surface area contributed by atoms with Gasteiger partial charge >= 0.3 is 0 Å². The number of benzene rings is 1. The van der Waals surface area contributed by atoms with Crippen LogP contribution in [0.1, 0.15) is 30.9 Å². The van der Waals surface area contributed by atoms with Crippen molar-refractivity contribution in [3.05, 3.63) is 29.3 Å². The standard InChI is InChI=1S/C18H26N2O3/c1-4-5-17(21)19-8-10-20(11-9-19)18(22)13-15-6-7-16(23-3)14(2)12-15/h6-7,12H,4-5,8-11,13H2,1-3H3. The van der Waals surface area contributed by atoms with Gasteiger partial charge in [-0.1, -0.05) is 19.1 Å². The molecule has 0 aliphatic carbocycles. The van der Waals surface area contributed by atoms with Crippen LogP contribution in [0, 0.1) is 6.92 Å². The van der Waals surface area contributed by atoms with Crippen LogP contribution in [0.2, 0.25) is 0 Å². The molecule has 5 heteroatoms. The summed E-state index contributed by atoms with van der Waals surface area (Å²) in [6.07, 6.45) is 1.86. The number of methoxy groups -OCH3 is 1. The Morgan fingerprint density at radius 3 is 2.22 bits per heavy atom. The molecule has 0 spiro atoms. The summed E-state index contributed by atoms with van der Waals surface area (Å²) < 4.78 is 5.24. The first-order valence-corrected chi connectivity index (χ1v) is 8.24. The van der Waals surface area contributed by atoms with Gasteiger partial charge in [0.2, 0.25) is 11.8 Å². The molecule has 0 unspecified atom stereocenters. The van der Waals surface area contributed by atoms with E-state index < -0.39 is 0 Å². The fourth-order valence-electron chi connectivity index (χ4n) is 2.91. The lowest BCUT2D eigenvalue weighted by Gasteiger charge is -2.35. The van der Waals surface area contributed by atoms with E-state index in [0.29, 0.717) is 39.0 Å². The van der Waals surface area contributed by atoms with Crippen LogP contribution in [0.15, 0.2) is 18.2 Å². The number of carbonyl (C=O) groups excluding carboxylic acids is 2. The van der Waals surface area contributed by atoms with E-state index >= 15 is 0 Å². The van der Waals surface area contributed by atoms with E-state index in [9.17, 15) is 9.59 Å². The van der Waals surface area contributed by atoms with Crippen molar-refractivity contribution in [2.45, 2.75) is 33.1 Å². The lowest BCUT2D eigenvalue weighted by Crippen LogP contribution is -2.50. The van der Waals surface area contributed by atoms with Gasteiger partial charge < -0.3 is 14.5 Å². The van der Waals surface area contributed by atoms with Crippen molar-refractivity contribution >= 4 is 11.8 Å². The van der Waals surface area contributed by atoms with E-state index in [1.165, 1.54) is 0 Å². The summed E-state index contributed by atoms with van der Waals surface area (Å²) in [5, 5.41) is 0. The molecule has 1 saturated heterocycles. The van der Waals surface area contributed by atoms with Gasteiger partial charge in [0.25, 0.3) is 0 Å². The molecule has 0 atom stereocenters. The maximum absolute atomic E-state index is 12.4. The normalized spacial score (nSPS) is 14.7. The molecule has 1 fully saturated rings. The van der Waals surface area contributed by atoms with Gasteiger partial charge in [0.1, 0.15) is 5.75 Å². The molecular weight excluding hydrogens is 292 g/mol. The second kappa shape index (κ2) is 7.99. The molecule has 1 aromatic carbocycles. The molecule has 2 amide bonds. The largest absolute Gasteiger partial charge is 0.496 e. The van der Waals surface area contributed by atoms with Crippen LogP contribution < -0.4 is 4.74 Å². The van der Waals surface area contributed by atoms with Crippen molar-refractivity contribution in [1.29, 1.82) is 0 Å². The Morgan fingerprint density at radius 1 is 1.09 bits per heavy atom. The number of hydrogen-bond acceptors (Lipinski definition) is 3. The highest BCUT2D eigenvalue weighted by molar-refractivity contribution is 5.80. The predicted molar refractivity (Wildman–Crippen MR) is 89.5 cm³/mol. The molecule has 23 heavy (non-hydrogen) atoms. The van der Waals surface area contributed by atoms with E-state index in [-0.39, 0.29) is 11.8 Å². The third kappa shape index (κ3) is 4.47. The topological polar surface area (TPSA) is 49.9 Å². The molecule has 0 N–H and O–H groups in total. The molecule has 5 nitrogen and oxygen atoms in total. The molecular formula is C18H26N2O3. The Morgan fingerprint density at radius 2 is 1.70 bits per heavy atom. The SMILES string of the molecule is CCCC(=O)N1CCN(C(=O)Cc2ccc(OC)c(C)c2)CC1. The number of carbonyl (C=O) groups is 2. The maximum atomic E-state index is 12.4. The first-order chi connectivity index (χ1) is 11.0. The van der Waals surface area contributed by atoms with Crippen molar-refractivity contribution < 1.29 is 14.3 Å². The molecule has 1 aromatic rings. The molecule has 0 aromatic heterocycles. The molecule has 1 aliphatic heterocycles. The van der Waals surface area contributed by atoms with Gasteiger partial charge in [-0.3, -0.25) is 9.59 Å². The molecule has 0 saturated carbocycles. The third-order valence-corrected chi connectivity index (χ3v) is 4.26. The van der Waals surface area contributed by atoms with E-state index in [2.05, 4.69) is 0 Å². The van der Waals surface area contributed by atoms with Gasteiger partial charge in [-0.05, 0) is 30.5 Å². The third-order valence-electron chi connectivity index (χ3n) is 4.26. The van der Waals surface area contributed by atoms with Crippen LogP contribution in [0.25, 0.3) is 0 Å². The fourth-order valence-corrected chi connectivity index (χ4v) is 2.91. The first-order valence-electron chi connectivity index (χ1n) is 8.24. The predicted octanol–water partition coefficient (Wildman–Crippen LogP) is 2.02. The minimum Gasteiger partial charge on any atom is -0.496 e. The lowest BCUT2D eigenvalue weighted by molar-refractivity contribution is -0.139. The Bertz CT molecular complexity index is 563. The van der Waals surface area contributed by atoms with Crippen LogP contribution in [-0.2, 0) is 16.0 Å². The average molecular weight is 318 g/mol. The van der Waals surface area contributed by atoms with Crippen LogP contribution in [-0.4, -0.2) is 54.9 Å². The monoisotopic (exact) mass is 318 g/mol. The summed E-state index contributed by atoms with van der Waals surface area (Å²) in [6, 6.07) is 5.84. The Kier molecular flexibility index (Phi) is 6.02. The minimum absolute atomic E-state index is 0.122. The Hall–Kier alpha value is -2.04. The summed E-state index contributed by atoms with van der Waals surface area (Å²) in [7, 11) is 1.65. The number of rotatable bonds is 5. The molecule has 0 bridgehead atoms. The number of aryl methyl sites for hydroxylation is 1. The van der Waals surface area contributed by atoms with Crippen molar-refractivity contribution in [3.63, 3.8) is 0 Å². The van der Waals surface area contributed by atoms with Crippen LogP contribution in [0.4, 0.5) is 0 Å². The van der Waals surface area contributed by atoms with Crippen molar-refractivity contribution in [2.75, 3.05) is 33.3 Å². The Balaban J connectivity index is 1.88. The summed E-state index contributed by atoms with van der Waals surface area (Å²) >= 11 is 0. The quantitative estimate of drug-likeness (QED) is 0.834. The molecule has 126 valence electrons. The van der Waals surface area contributed by atoms with E-state index in [4.69, 9.17) is 4.74 Å². The zero-order valence-corrected chi connectivity index (χ0v) is 14.3. The van der Waals surface area contributed by atoms with Gasteiger partial charge in [0.05, 0.1) is 13.5 Å². The average Bonchev–Trinajstić information content (AvgIpc) is 2.55. The highest BCUT2D eigenvalue weighted by Gasteiger charge is 2.23. The van der Waals surface area contributed by atoms with Crippen LogP contribution in [0.3, 0.4) is 0 Å². The second-order valence-corrected chi connectivity index (χ2v) is 5.99. The first kappa shape index (κ1) is 17.3. The summed E-state index contributed by atoms with van der Waals surface area (Å²) in [4.78, 5) is 28.0. The van der Waals surface area contributed by atoms with Gasteiger partial charge in [-0.25, -0.2) is 0 Å².